The molecular formula is C18H24N4OS. The van der Waals surface area contributed by atoms with Crippen LogP contribution in [0, 0.1) is 34.5 Å². The Balaban J connectivity index is 2.66. The van der Waals surface area contributed by atoms with E-state index in [0.29, 0.717) is 5.75 Å². The summed E-state index contributed by atoms with van der Waals surface area (Å²) in [6, 6.07) is 12.1. The van der Waals surface area contributed by atoms with Crippen molar-refractivity contribution < 1.29 is 4.79 Å². The molecular weight excluding hydrogens is 320 g/mol. The second-order valence-corrected chi connectivity index (χ2v) is 7.27. The van der Waals surface area contributed by atoms with Gasteiger partial charge in [0.2, 0.25) is 5.91 Å². The Labute approximate surface area is 148 Å². The summed E-state index contributed by atoms with van der Waals surface area (Å²) < 4.78 is 0. The third-order valence-electron chi connectivity index (χ3n) is 3.82. The number of nitrogens with zero attached hydrogens (tertiary/aromatic N) is 2. The van der Waals surface area contributed by atoms with E-state index in [4.69, 9.17) is 5.26 Å². The largest absolute Gasteiger partial charge is 0.375 e. The third kappa shape index (κ3) is 5.79. The first-order chi connectivity index (χ1) is 11.3. The molecule has 0 bridgehead atoms. The van der Waals surface area contributed by atoms with Crippen LogP contribution in [0.15, 0.2) is 29.2 Å². The highest BCUT2D eigenvalue weighted by Gasteiger charge is 2.29. The molecule has 0 aliphatic carbocycles. The number of nitriles is 2. The average Bonchev–Trinajstić information content (AvgIpc) is 2.58. The van der Waals surface area contributed by atoms with Gasteiger partial charge in [0.1, 0.15) is 5.54 Å². The zero-order valence-electron chi connectivity index (χ0n) is 14.6. The second-order valence-electron chi connectivity index (χ2n) is 6.21. The lowest BCUT2D eigenvalue weighted by Gasteiger charge is -2.27. The monoisotopic (exact) mass is 344 g/mol. The molecule has 0 saturated heterocycles. The van der Waals surface area contributed by atoms with Crippen molar-refractivity contribution in [2.75, 3.05) is 17.6 Å². The number of nitrogens with one attached hydrogen (secondary N) is 2. The van der Waals surface area contributed by atoms with Gasteiger partial charge >= 0.3 is 0 Å². The van der Waals surface area contributed by atoms with E-state index in [1.54, 1.807) is 18.7 Å². The summed E-state index contributed by atoms with van der Waals surface area (Å²) in [5.74, 6) is 0.453. The van der Waals surface area contributed by atoms with Gasteiger partial charge < -0.3 is 10.6 Å². The standard InChI is InChI=1S/C18H24N4OS/c1-13(2)18(4,12-20)22-17(23)10-21-15-7-5-6-8-16(15)24-11-14(3)9-19/h5-8,13-14,21H,10-11H2,1-4H3,(H,22,23)/t14-,18-/m0/s1. The van der Waals surface area contributed by atoms with Crippen molar-refractivity contribution in [2.45, 2.75) is 38.1 Å². The molecule has 2 N–H and O–H groups in total. The summed E-state index contributed by atoms with van der Waals surface area (Å²) in [6.45, 7) is 7.50. The Morgan fingerprint density at radius 1 is 1.29 bits per heavy atom. The molecule has 0 unspecified atom stereocenters. The van der Waals surface area contributed by atoms with E-state index < -0.39 is 5.54 Å². The summed E-state index contributed by atoms with van der Waals surface area (Å²) >= 11 is 1.58. The molecule has 0 aromatic heterocycles. The summed E-state index contributed by atoms with van der Waals surface area (Å²) in [4.78, 5) is 13.1. The molecule has 0 spiro atoms. The lowest BCUT2D eigenvalue weighted by molar-refractivity contribution is -0.121. The van der Waals surface area contributed by atoms with E-state index in [2.05, 4.69) is 22.8 Å². The molecule has 1 aromatic rings. The van der Waals surface area contributed by atoms with Gasteiger partial charge in [-0.15, -0.1) is 11.8 Å². The van der Waals surface area contributed by atoms with Crippen LogP contribution in [0.1, 0.15) is 27.7 Å². The molecule has 1 amide bonds. The van der Waals surface area contributed by atoms with E-state index in [0.717, 1.165) is 10.6 Å². The number of amides is 1. The van der Waals surface area contributed by atoms with Gasteiger partial charge in [-0.3, -0.25) is 4.79 Å². The van der Waals surface area contributed by atoms with E-state index in [9.17, 15) is 10.1 Å². The van der Waals surface area contributed by atoms with Crippen LogP contribution in [0.4, 0.5) is 5.69 Å². The predicted octanol–water partition coefficient (Wildman–Crippen LogP) is 3.40. The molecule has 6 heteroatoms. The highest BCUT2D eigenvalue weighted by molar-refractivity contribution is 7.99. The molecule has 0 aliphatic rings. The lowest BCUT2D eigenvalue weighted by Crippen LogP contribution is -2.50. The summed E-state index contributed by atoms with van der Waals surface area (Å²) in [7, 11) is 0. The van der Waals surface area contributed by atoms with Gasteiger partial charge in [-0.25, -0.2) is 0 Å². The van der Waals surface area contributed by atoms with Crippen LogP contribution in [0.5, 0.6) is 0 Å². The van der Waals surface area contributed by atoms with Crippen molar-refractivity contribution in [1.82, 2.24) is 5.32 Å². The number of benzene rings is 1. The Bertz CT molecular complexity index is 647. The molecule has 0 heterocycles. The zero-order chi connectivity index (χ0) is 18.2. The molecule has 24 heavy (non-hydrogen) atoms. The highest BCUT2D eigenvalue weighted by atomic mass is 32.2. The molecule has 5 nitrogen and oxygen atoms in total. The molecule has 0 saturated carbocycles. The normalized spacial score (nSPS) is 14.1. The van der Waals surface area contributed by atoms with Crippen LogP contribution >= 0.6 is 11.8 Å². The van der Waals surface area contributed by atoms with Crippen LogP contribution in [-0.2, 0) is 4.79 Å². The first-order valence-electron chi connectivity index (χ1n) is 7.90. The van der Waals surface area contributed by atoms with Crippen LogP contribution < -0.4 is 10.6 Å². The van der Waals surface area contributed by atoms with Crippen molar-refractivity contribution in [2.24, 2.45) is 11.8 Å². The molecule has 0 aliphatic heterocycles. The van der Waals surface area contributed by atoms with Crippen LogP contribution in [0.3, 0.4) is 0 Å². The van der Waals surface area contributed by atoms with Crippen LogP contribution in [0.25, 0.3) is 0 Å². The number of hydrogen-bond acceptors (Lipinski definition) is 5. The maximum absolute atomic E-state index is 12.1. The number of thioether (sulfide) groups is 1. The number of rotatable bonds is 8. The fourth-order valence-corrected chi connectivity index (χ4v) is 2.78. The molecule has 0 fully saturated rings. The fraction of sp³-hybridized carbons (Fsp3) is 0.500. The highest BCUT2D eigenvalue weighted by Crippen LogP contribution is 2.28. The maximum Gasteiger partial charge on any atom is 0.240 e. The van der Waals surface area contributed by atoms with Gasteiger partial charge in [-0.2, -0.15) is 10.5 Å². The number of anilines is 1. The third-order valence-corrected chi connectivity index (χ3v) is 5.16. The molecule has 1 rings (SSSR count). The van der Waals surface area contributed by atoms with Crippen molar-refractivity contribution in [1.29, 1.82) is 10.5 Å². The van der Waals surface area contributed by atoms with Gasteiger partial charge in [0, 0.05) is 16.3 Å². The van der Waals surface area contributed by atoms with Crippen molar-refractivity contribution in [3.05, 3.63) is 24.3 Å². The number of hydrogen-bond donors (Lipinski definition) is 2. The average molecular weight is 344 g/mol. The minimum absolute atomic E-state index is 0.0155. The fourth-order valence-electron chi connectivity index (χ4n) is 1.80. The molecule has 1 aromatic carbocycles. The van der Waals surface area contributed by atoms with Crippen molar-refractivity contribution in [3.63, 3.8) is 0 Å². The van der Waals surface area contributed by atoms with Gasteiger partial charge in [-0.1, -0.05) is 26.0 Å². The van der Waals surface area contributed by atoms with Gasteiger partial charge in [-0.05, 0) is 31.9 Å². The van der Waals surface area contributed by atoms with Gasteiger partial charge in [0.15, 0.2) is 0 Å². The summed E-state index contributed by atoms with van der Waals surface area (Å²) in [5.41, 5.74) is -0.0269. The second kappa shape index (κ2) is 9.20. The summed E-state index contributed by atoms with van der Waals surface area (Å²) in [5, 5.41) is 24.0. The van der Waals surface area contributed by atoms with Gasteiger partial charge in [0.05, 0.1) is 24.6 Å². The SMILES string of the molecule is CC(C)[C@](C)(C#N)NC(=O)CNc1ccccc1SC[C@@H](C)C#N. The number of para-hydroxylation sites is 1. The first kappa shape index (κ1) is 19.9. The Morgan fingerprint density at radius 3 is 2.54 bits per heavy atom. The Kier molecular flexibility index (Phi) is 7.61. The van der Waals surface area contributed by atoms with Crippen molar-refractivity contribution >= 4 is 23.4 Å². The molecule has 2 atom stereocenters. The Hall–Kier alpha value is -2.18. The van der Waals surface area contributed by atoms with Crippen molar-refractivity contribution in [3.8, 4) is 12.1 Å². The topological polar surface area (TPSA) is 88.7 Å². The smallest absolute Gasteiger partial charge is 0.240 e. The zero-order valence-corrected chi connectivity index (χ0v) is 15.4. The Morgan fingerprint density at radius 2 is 1.96 bits per heavy atom. The van der Waals surface area contributed by atoms with Gasteiger partial charge in [0.25, 0.3) is 0 Å². The van der Waals surface area contributed by atoms with E-state index in [1.807, 2.05) is 45.0 Å². The minimum Gasteiger partial charge on any atom is -0.375 e. The quantitative estimate of drug-likeness (QED) is 0.706. The summed E-state index contributed by atoms with van der Waals surface area (Å²) in [6.07, 6.45) is 0. The van der Waals surface area contributed by atoms with Crippen LogP contribution in [-0.4, -0.2) is 23.7 Å². The number of carbonyl (C=O) groups excluding carboxylic acids is 1. The predicted molar refractivity (Wildman–Crippen MR) is 97.4 cm³/mol. The molecule has 0 radical (unpaired) electrons. The lowest BCUT2D eigenvalue weighted by atomic mass is 9.90. The maximum atomic E-state index is 12.1. The van der Waals surface area contributed by atoms with E-state index >= 15 is 0 Å². The van der Waals surface area contributed by atoms with E-state index in [-0.39, 0.29) is 24.3 Å². The van der Waals surface area contributed by atoms with Crippen LogP contribution in [0.2, 0.25) is 0 Å². The minimum atomic E-state index is -0.880. The molecule has 128 valence electrons. The number of carbonyl (C=O) groups is 1. The van der Waals surface area contributed by atoms with E-state index in [1.165, 1.54) is 0 Å². The first-order valence-corrected chi connectivity index (χ1v) is 8.88.